The first-order valence-electron chi connectivity index (χ1n) is 11.9. The average molecular weight is 516 g/mol. The Morgan fingerprint density at radius 2 is 1.89 bits per heavy atom. The molecule has 0 aliphatic carbocycles. The summed E-state index contributed by atoms with van der Waals surface area (Å²) in [4.78, 5) is 22.9. The Bertz CT molecular complexity index is 1240. The van der Waals surface area contributed by atoms with Crippen LogP contribution in [0.15, 0.2) is 36.7 Å². The van der Waals surface area contributed by atoms with E-state index in [-0.39, 0.29) is 35.8 Å². The topological polar surface area (TPSA) is 73.8 Å². The van der Waals surface area contributed by atoms with Crippen molar-refractivity contribution < 1.29 is 32.2 Å². The van der Waals surface area contributed by atoms with E-state index in [1.54, 1.807) is 18.3 Å². The summed E-state index contributed by atoms with van der Waals surface area (Å²) in [5, 5.41) is 0. The van der Waals surface area contributed by atoms with Crippen LogP contribution >= 0.6 is 0 Å². The third-order valence-electron chi connectivity index (χ3n) is 6.04. The smallest absolute Gasteiger partial charge is 0.272 e. The minimum absolute atomic E-state index is 0.0297. The maximum atomic E-state index is 16.4. The molecule has 1 saturated heterocycles. The summed E-state index contributed by atoms with van der Waals surface area (Å²) in [6.07, 6.45) is 4.34. The number of rotatable bonds is 8. The van der Waals surface area contributed by atoms with Crippen molar-refractivity contribution in [2.24, 2.45) is 0 Å². The minimum Gasteiger partial charge on any atom is -0.491 e. The van der Waals surface area contributed by atoms with Gasteiger partial charge < -0.3 is 19.1 Å². The molecule has 7 nitrogen and oxygen atoms in total. The zero-order valence-electron chi connectivity index (χ0n) is 20.9. The predicted octanol–water partition coefficient (Wildman–Crippen LogP) is 5.20. The van der Waals surface area contributed by atoms with Gasteiger partial charge in [0.25, 0.3) is 5.91 Å². The first-order valence-corrected chi connectivity index (χ1v) is 11.9. The van der Waals surface area contributed by atoms with Crippen molar-refractivity contribution in [2.45, 2.75) is 25.4 Å². The van der Waals surface area contributed by atoms with E-state index in [1.165, 1.54) is 32.3 Å². The molecule has 0 radical (unpaired) electrons. The van der Waals surface area contributed by atoms with E-state index in [2.05, 4.69) is 9.97 Å². The number of hydrogen-bond donors (Lipinski definition) is 0. The van der Waals surface area contributed by atoms with Crippen molar-refractivity contribution in [3.05, 3.63) is 65.4 Å². The van der Waals surface area contributed by atoms with Crippen LogP contribution in [-0.2, 0) is 9.47 Å². The van der Waals surface area contributed by atoms with Gasteiger partial charge in [0.2, 0.25) is 0 Å². The number of pyridine rings is 2. The Hall–Kier alpha value is -3.50. The van der Waals surface area contributed by atoms with Crippen molar-refractivity contribution in [1.29, 1.82) is 0 Å². The molecule has 1 amide bonds. The molecule has 10 heteroatoms. The molecule has 3 aromatic rings. The molecular weight excluding hydrogens is 487 g/mol. The van der Waals surface area contributed by atoms with Crippen LogP contribution < -0.4 is 4.74 Å². The van der Waals surface area contributed by atoms with E-state index in [0.717, 1.165) is 25.0 Å². The Morgan fingerprint density at radius 3 is 2.49 bits per heavy atom. The van der Waals surface area contributed by atoms with Crippen LogP contribution in [0.3, 0.4) is 0 Å². The Morgan fingerprint density at radius 1 is 1.14 bits per heavy atom. The van der Waals surface area contributed by atoms with Crippen molar-refractivity contribution >= 4 is 5.91 Å². The number of hydrogen-bond acceptors (Lipinski definition) is 6. The predicted molar refractivity (Wildman–Crippen MR) is 131 cm³/mol. The van der Waals surface area contributed by atoms with Crippen LogP contribution in [0, 0.1) is 17.5 Å². The number of carbonyl (C=O) groups excluding carboxylic acids is 1. The zero-order chi connectivity index (χ0) is 26.5. The molecule has 0 saturated carbocycles. The molecule has 0 spiro atoms. The first-order chi connectivity index (χ1) is 17.8. The fraction of sp³-hybridized carbons (Fsp3) is 0.370. The summed E-state index contributed by atoms with van der Waals surface area (Å²) < 4.78 is 63.0. The lowest BCUT2D eigenvalue weighted by atomic mass is 9.89. The van der Waals surface area contributed by atoms with Crippen LogP contribution in [0.25, 0.3) is 22.4 Å². The van der Waals surface area contributed by atoms with Gasteiger partial charge in [-0.05, 0) is 25.3 Å². The highest BCUT2D eigenvalue weighted by Crippen LogP contribution is 2.42. The monoisotopic (exact) mass is 515 g/mol. The van der Waals surface area contributed by atoms with Crippen LogP contribution in [0.5, 0.6) is 5.75 Å². The van der Waals surface area contributed by atoms with Crippen LogP contribution in [0.1, 0.15) is 41.4 Å². The van der Waals surface area contributed by atoms with Gasteiger partial charge in [0.15, 0.2) is 5.82 Å². The van der Waals surface area contributed by atoms with Gasteiger partial charge in [0.05, 0.1) is 18.3 Å². The number of nitrogens with zero attached hydrogens (tertiary/aromatic N) is 3. The third-order valence-corrected chi connectivity index (χ3v) is 6.04. The lowest BCUT2D eigenvalue weighted by molar-refractivity contribution is 0.0131. The second-order valence-electron chi connectivity index (χ2n) is 8.81. The SMILES string of the molecule is COCCOc1cc(F)c(-c2nc(C(=O)N(C)C)c(-c3cccnc3)c(C3CCCCO3)c2F)c(F)c1. The largest absolute Gasteiger partial charge is 0.491 e. The van der Waals surface area contributed by atoms with Gasteiger partial charge in [-0.25, -0.2) is 18.2 Å². The maximum absolute atomic E-state index is 16.4. The lowest BCUT2D eigenvalue weighted by Gasteiger charge is -2.28. The first kappa shape index (κ1) is 26.6. The number of ether oxygens (including phenoxy) is 3. The number of methoxy groups -OCH3 is 1. The van der Waals surface area contributed by atoms with Gasteiger partial charge in [-0.3, -0.25) is 9.78 Å². The molecule has 2 aromatic heterocycles. The highest BCUT2D eigenvalue weighted by atomic mass is 19.1. The van der Waals surface area contributed by atoms with E-state index in [4.69, 9.17) is 14.2 Å². The van der Waals surface area contributed by atoms with Gasteiger partial charge in [0.1, 0.15) is 35.4 Å². The lowest BCUT2D eigenvalue weighted by Crippen LogP contribution is -2.26. The van der Waals surface area contributed by atoms with E-state index >= 15 is 13.2 Å². The van der Waals surface area contributed by atoms with Gasteiger partial charge in [0, 0.05) is 69.0 Å². The number of benzene rings is 1. The molecular formula is C27H28F3N3O4. The van der Waals surface area contributed by atoms with Crippen molar-refractivity contribution in [2.75, 3.05) is 41.0 Å². The van der Waals surface area contributed by atoms with Crippen molar-refractivity contribution in [1.82, 2.24) is 14.9 Å². The molecule has 1 atom stereocenters. The summed E-state index contributed by atoms with van der Waals surface area (Å²) in [6.45, 7) is 0.685. The Labute approximate surface area is 213 Å². The van der Waals surface area contributed by atoms with E-state index in [0.29, 0.717) is 18.6 Å². The molecule has 0 bridgehead atoms. The van der Waals surface area contributed by atoms with Gasteiger partial charge in [-0.15, -0.1) is 0 Å². The molecule has 3 heterocycles. The van der Waals surface area contributed by atoms with Gasteiger partial charge in [-0.1, -0.05) is 6.07 Å². The zero-order valence-corrected chi connectivity index (χ0v) is 20.9. The normalized spacial score (nSPS) is 15.5. The summed E-state index contributed by atoms with van der Waals surface area (Å²) in [6, 6.07) is 5.23. The molecule has 1 aromatic carbocycles. The van der Waals surface area contributed by atoms with E-state index < -0.39 is 40.7 Å². The minimum atomic E-state index is -1.08. The second kappa shape index (κ2) is 11.7. The number of amides is 1. The molecule has 0 N–H and O–H groups in total. The van der Waals surface area contributed by atoms with Crippen LogP contribution in [-0.4, -0.2) is 61.8 Å². The Balaban J connectivity index is 1.98. The highest BCUT2D eigenvalue weighted by molar-refractivity contribution is 6.00. The molecule has 37 heavy (non-hydrogen) atoms. The number of aromatic nitrogens is 2. The standard InChI is InChI=1S/C27H28F3N3O4/c1-33(2)27(34)26-21(16-7-6-9-31-15-16)23(20-8-4-5-10-37-20)24(30)25(32-26)22-18(28)13-17(14-19(22)29)36-12-11-35-3/h6-7,9,13-15,20H,4-5,8,10-12H2,1-3H3. The third kappa shape index (κ3) is 5.60. The average Bonchev–Trinajstić information content (AvgIpc) is 2.89. The van der Waals surface area contributed by atoms with Crippen LogP contribution in [0.2, 0.25) is 0 Å². The Kier molecular flexibility index (Phi) is 8.40. The number of halogens is 3. The van der Waals surface area contributed by atoms with Crippen molar-refractivity contribution in [3.8, 4) is 28.1 Å². The van der Waals surface area contributed by atoms with Gasteiger partial charge in [-0.2, -0.15) is 0 Å². The quantitative estimate of drug-likeness (QED) is 0.384. The summed E-state index contributed by atoms with van der Waals surface area (Å²) in [5.74, 6) is -3.74. The molecule has 1 aliphatic heterocycles. The fourth-order valence-corrected chi connectivity index (χ4v) is 4.29. The maximum Gasteiger partial charge on any atom is 0.272 e. The van der Waals surface area contributed by atoms with Crippen molar-refractivity contribution in [3.63, 3.8) is 0 Å². The molecule has 1 fully saturated rings. The fourth-order valence-electron chi connectivity index (χ4n) is 4.29. The molecule has 196 valence electrons. The second-order valence-corrected chi connectivity index (χ2v) is 8.81. The molecule has 1 aliphatic rings. The van der Waals surface area contributed by atoms with Gasteiger partial charge >= 0.3 is 0 Å². The summed E-state index contributed by atoms with van der Waals surface area (Å²) in [5.41, 5.74) is -0.794. The van der Waals surface area contributed by atoms with E-state index in [1.807, 2.05) is 0 Å². The summed E-state index contributed by atoms with van der Waals surface area (Å²) >= 11 is 0. The number of carbonyl (C=O) groups is 1. The summed E-state index contributed by atoms with van der Waals surface area (Å²) in [7, 11) is 4.51. The molecule has 4 rings (SSSR count). The highest BCUT2D eigenvalue weighted by Gasteiger charge is 2.33. The molecule has 1 unspecified atom stereocenters. The van der Waals surface area contributed by atoms with Crippen LogP contribution in [0.4, 0.5) is 13.2 Å². The van der Waals surface area contributed by atoms with E-state index in [9.17, 15) is 4.79 Å².